The van der Waals surface area contributed by atoms with E-state index in [2.05, 4.69) is 21.8 Å². The van der Waals surface area contributed by atoms with Crippen molar-refractivity contribution in [2.45, 2.75) is 46.1 Å². The smallest absolute Gasteiger partial charge is 0.158 e. The Balaban J connectivity index is 2.08. The van der Waals surface area contributed by atoms with Crippen LogP contribution in [0.2, 0.25) is 5.15 Å². The van der Waals surface area contributed by atoms with Crippen molar-refractivity contribution < 1.29 is 4.74 Å². The van der Waals surface area contributed by atoms with Gasteiger partial charge >= 0.3 is 0 Å². The van der Waals surface area contributed by atoms with Gasteiger partial charge < -0.3 is 9.64 Å². The minimum Gasteiger partial charge on any atom is -0.374 e. The molecule has 5 heteroatoms. The average molecular weight is 298 g/mol. The van der Waals surface area contributed by atoms with Gasteiger partial charge in [-0.1, -0.05) is 24.9 Å². The predicted molar refractivity (Wildman–Crippen MR) is 82.2 cm³/mol. The maximum absolute atomic E-state index is 6.11. The summed E-state index contributed by atoms with van der Waals surface area (Å²) in [5.74, 6) is 2.46. The van der Waals surface area contributed by atoms with Crippen LogP contribution in [0.1, 0.15) is 45.4 Å². The van der Waals surface area contributed by atoms with Crippen LogP contribution >= 0.6 is 11.6 Å². The fraction of sp³-hybridized carbons (Fsp3) is 0.733. The molecule has 20 heavy (non-hydrogen) atoms. The molecule has 0 bridgehead atoms. The van der Waals surface area contributed by atoms with Crippen LogP contribution in [0.4, 0.5) is 5.82 Å². The van der Waals surface area contributed by atoms with Crippen molar-refractivity contribution in [1.29, 1.82) is 0 Å². The van der Waals surface area contributed by atoms with E-state index < -0.39 is 0 Å². The number of anilines is 1. The number of hydrogen-bond donors (Lipinski definition) is 0. The molecule has 0 aromatic carbocycles. The van der Waals surface area contributed by atoms with E-state index in [0.717, 1.165) is 24.8 Å². The van der Waals surface area contributed by atoms with E-state index in [9.17, 15) is 0 Å². The highest BCUT2D eigenvalue weighted by Crippen LogP contribution is 2.24. The van der Waals surface area contributed by atoms with Crippen molar-refractivity contribution >= 4 is 17.4 Å². The average Bonchev–Trinajstić information content (AvgIpc) is 2.70. The maximum atomic E-state index is 6.11. The Morgan fingerprint density at radius 2 is 2.15 bits per heavy atom. The molecule has 0 N–H and O–H groups in total. The third-order valence-electron chi connectivity index (χ3n) is 3.91. The molecule has 0 spiro atoms. The summed E-state index contributed by atoms with van der Waals surface area (Å²) in [4.78, 5) is 11.1. The highest BCUT2D eigenvalue weighted by Gasteiger charge is 2.18. The number of hydrogen-bond acceptors (Lipinski definition) is 4. The first-order chi connectivity index (χ1) is 9.72. The van der Waals surface area contributed by atoms with Gasteiger partial charge in [-0.15, -0.1) is 0 Å². The molecule has 1 aliphatic heterocycles. The van der Waals surface area contributed by atoms with Crippen LogP contribution in [0.25, 0.3) is 0 Å². The second-order valence-electron chi connectivity index (χ2n) is 5.29. The molecule has 1 atom stereocenters. The molecular weight excluding hydrogens is 274 g/mol. The van der Waals surface area contributed by atoms with Gasteiger partial charge in [0, 0.05) is 25.8 Å². The normalized spacial score (nSPS) is 19.9. The van der Waals surface area contributed by atoms with E-state index in [4.69, 9.17) is 16.3 Å². The lowest BCUT2D eigenvalue weighted by Gasteiger charge is -2.22. The zero-order valence-electron chi connectivity index (χ0n) is 12.4. The van der Waals surface area contributed by atoms with Crippen molar-refractivity contribution in [3.63, 3.8) is 0 Å². The van der Waals surface area contributed by atoms with E-state index in [-0.39, 0.29) is 0 Å². The van der Waals surface area contributed by atoms with Gasteiger partial charge in [-0.2, -0.15) is 0 Å². The van der Waals surface area contributed by atoms with Gasteiger partial charge in [0.25, 0.3) is 0 Å². The first kappa shape index (κ1) is 15.5. The predicted octanol–water partition coefficient (Wildman–Crippen LogP) is 3.68. The summed E-state index contributed by atoms with van der Waals surface area (Å²) in [6, 6.07) is 1.86. The summed E-state index contributed by atoms with van der Waals surface area (Å²) >= 11 is 6.11. The first-order valence-electron chi connectivity index (χ1n) is 7.59. The van der Waals surface area contributed by atoms with Crippen LogP contribution in [-0.4, -0.2) is 29.7 Å². The zero-order chi connectivity index (χ0) is 14.4. The highest BCUT2D eigenvalue weighted by atomic mass is 35.5. The van der Waals surface area contributed by atoms with Crippen LogP contribution in [0, 0.1) is 5.92 Å². The molecule has 4 nitrogen and oxygen atoms in total. The molecule has 2 rings (SSSR count). The monoisotopic (exact) mass is 297 g/mol. The summed E-state index contributed by atoms with van der Waals surface area (Å²) in [5.41, 5.74) is 0. The highest BCUT2D eigenvalue weighted by molar-refractivity contribution is 6.29. The van der Waals surface area contributed by atoms with E-state index >= 15 is 0 Å². The lowest BCUT2D eigenvalue weighted by Crippen LogP contribution is -2.25. The summed E-state index contributed by atoms with van der Waals surface area (Å²) in [7, 11) is 0. The number of halogens is 1. The van der Waals surface area contributed by atoms with Gasteiger partial charge in [-0.25, -0.2) is 9.97 Å². The number of nitrogens with zero attached hydrogens (tertiary/aromatic N) is 3. The molecule has 0 radical (unpaired) electrons. The fourth-order valence-electron chi connectivity index (χ4n) is 2.67. The molecular formula is C15H24ClN3O. The van der Waals surface area contributed by atoms with Crippen molar-refractivity contribution in [3.8, 4) is 0 Å². The van der Waals surface area contributed by atoms with E-state index in [1.807, 2.05) is 13.0 Å². The Morgan fingerprint density at radius 3 is 2.90 bits per heavy atom. The molecule has 2 heterocycles. The second-order valence-corrected chi connectivity index (χ2v) is 5.68. The molecule has 1 fully saturated rings. The minimum atomic E-state index is 0.426. The molecule has 1 saturated heterocycles. The number of rotatable bonds is 5. The van der Waals surface area contributed by atoms with Crippen LogP contribution in [0.3, 0.4) is 0 Å². The Hall–Kier alpha value is -0.870. The largest absolute Gasteiger partial charge is 0.374 e. The van der Waals surface area contributed by atoms with E-state index in [0.29, 0.717) is 24.2 Å². The van der Waals surface area contributed by atoms with Gasteiger partial charge in [0.05, 0.1) is 0 Å². The van der Waals surface area contributed by atoms with Crippen molar-refractivity contribution in [2.24, 2.45) is 5.92 Å². The molecule has 112 valence electrons. The Kier molecular flexibility index (Phi) is 6.05. The SMILES string of the molecule is CCOCc1nc(Cl)cc(N2CCCC(CC)CC2)n1. The van der Waals surface area contributed by atoms with Gasteiger partial charge in [0.2, 0.25) is 0 Å². The van der Waals surface area contributed by atoms with Crippen molar-refractivity contribution in [3.05, 3.63) is 17.0 Å². The summed E-state index contributed by atoms with van der Waals surface area (Å²) in [6.45, 7) is 7.44. The minimum absolute atomic E-state index is 0.426. The van der Waals surface area contributed by atoms with E-state index in [1.165, 1.54) is 25.7 Å². The van der Waals surface area contributed by atoms with Gasteiger partial charge in [0.1, 0.15) is 17.6 Å². The van der Waals surface area contributed by atoms with Crippen molar-refractivity contribution in [1.82, 2.24) is 9.97 Å². The first-order valence-corrected chi connectivity index (χ1v) is 7.96. The molecule has 0 aliphatic carbocycles. The fourth-order valence-corrected chi connectivity index (χ4v) is 2.87. The Labute approximate surface area is 126 Å². The Bertz CT molecular complexity index is 428. The molecule has 1 aromatic heterocycles. The number of ether oxygens (including phenoxy) is 1. The summed E-state index contributed by atoms with van der Waals surface area (Å²) in [5, 5.41) is 0.501. The van der Waals surface area contributed by atoms with Crippen LogP contribution in [0.15, 0.2) is 6.07 Å². The van der Waals surface area contributed by atoms with Gasteiger partial charge in [0.15, 0.2) is 5.82 Å². The molecule has 0 amide bonds. The van der Waals surface area contributed by atoms with Crippen LogP contribution < -0.4 is 4.90 Å². The van der Waals surface area contributed by atoms with Gasteiger partial charge in [-0.05, 0) is 32.1 Å². The van der Waals surface area contributed by atoms with E-state index in [1.54, 1.807) is 0 Å². The van der Waals surface area contributed by atoms with Crippen molar-refractivity contribution in [2.75, 3.05) is 24.6 Å². The second kappa shape index (κ2) is 7.79. The summed E-state index contributed by atoms with van der Waals surface area (Å²) < 4.78 is 5.37. The lowest BCUT2D eigenvalue weighted by molar-refractivity contribution is 0.128. The summed E-state index contributed by atoms with van der Waals surface area (Å²) in [6.07, 6.45) is 5.05. The topological polar surface area (TPSA) is 38.2 Å². The Morgan fingerprint density at radius 1 is 1.30 bits per heavy atom. The molecule has 1 aromatic rings. The third-order valence-corrected chi connectivity index (χ3v) is 4.11. The zero-order valence-corrected chi connectivity index (χ0v) is 13.2. The maximum Gasteiger partial charge on any atom is 0.158 e. The lowest BCUT2D eigenvalue weighted by atomic mass is 9.98. The number of aromatic nitrogens is 2. The van der Waals surface area contributed by atoms with Gasteiger partial charge in [-0.3, -0.25) is 0 Å². The van der Waals surface area contributed by atoms with Crippen LogP contribution in [-0.2, 0) is 11.3 Å². The molecule has 0 saturated carbocycles. The standard InChI is InChI=1S/C15H24ClN3O/c1-3-12-6-5-8-19(9-7-12)15-10-13(16)17-14(18-15)11-20-4-2/h10,12H,3-9,11H2,1-2H3. The van der Waals surface area contributed by atoms with Crippen LogP contribution in [0.5, 0.6) is 0 Å². The quantitative estimate of drug-likeness (QED) is 0.777. The molecule has 1 unspecified atom stereocenters. The third kappa shape index (κ3) is 4.32. The molecule has 1 aliphatic rings.